The molecule has 1 fully saturated rings. The highest BCUT2D eigenvalue weighted by molar-refractivity contribution is 7.89. The van der Waals surface area contributed by atoms with E-state index in [1.807, 2.05) is 6.92 Å². The molecular weight excluding hydrogens is 262 g/mol. The molecule has 1 aromatic rings. The van der Waals surface area contributed by atoms with E-state index in [9.17, 15) is 8.42 Å². The Kier molecular flexibility index (Phi) is 4.28. The molecule has 0 radical (unpaired) electrons. The van der Waals surface area contributed by atoms with Crippen LogP contribution in [0.2, 0.25) is 0 Å². The summed E-state index contributed by atoms with van der Waals surface area (Å²) in [6.07, 6.45) is 1.99. The van der Waals surface area contributed by atoms with Crippen molar-refractivity contribution in [2.45, 2.75) is 44.2 Å². The maximum Gasteiger partial charge on any atom is 0.243 e. The molecule has 1 heterocycles. The number of rotatable bonds is 3. The Morgan fingerprint density at radius 2 is 1.84 bits per heavy atom. The van der Waals surface area contributed by atoms with E-state index in [2.05, 4.69) is 6.92 Å². The van der Waals surface area contributed by atoms with Gasteiger partial charge in [-0.15, -0.1) is 0 Å². The number of piperidine rings is 1. The van der Waals surface area contributed by atoms with Gasteiger partial charge in [0.1, 0.15) is 0 Å². The molecule has 1 aliphatic rings. The Hall–Kier alpha value is -0.910. The third kappa shape index (κ3) is 2.99. The predicted molar refractivity (Wildman–Crippen MR) is 74.1 cm³/mol. The van der Waals surface area contributed by atoms with Crippen molar-refractivity contribution in [3.63, 3.8) is 0 Å². The summed E-state index contributed by atoms with van der Waals surface area (Å²) in [5.74, 6) is 0.405. The first-order chi connectivity index (χ1) is 8.95. The molecule has 0 saturated carbocycles. The minimum Gasteiger partial charge on any atom is -0.392 e. The topological polar surface area (TPSA) is 57.6 Å². The third-order valence-electron chi connectivity index (χ3n) is 3.77. The van der Waals surface area contributed by atoms with Crippen molar-refractivity contribution in [1.82, 2.24) is 4.31 Å². The zero-order valence-corrected chi connectivity index (χ0v) is 12.2. The first-order valence-corrected chi connectivity index (χ1v) is 8.11. The number of sulfonamides is 1. The summed E-state index contributed by atoms with van der Waals surface area (Å²) in [6, 6.07) is 6.52. The van der Waals surface area contributed by atoms with Crippen LogP contribution >= 0.6 is 0 Å². The van der Waals surface area contributed by atoms with E-state index in [4.69, 9.17) is 5.11 Å². The summed E-state index contributed by atoms with van der Waals surface area (Å²) >= 11 is 0. The second kappa shape index (κ2) is 5.61. The van der Waals surface area contributed by atoms with Gasteiger partial charge in [-0.3, -0.25) is 0 Å². The molecule has 4 nitrogen and oxygen atoms in total. The van der Waals surface area contributed by atoms with E-state index < -0.39 is 10.0 Å². The van der Waals surface area contributed by atoms with E-state index in [1.54, 1.807) is 28.6 Å². The molecule has 2 atom stereocenters. The van der Waals surface area contributed by atoms with E-state index >= 15 is 0 Å². The minimum absolute atomic E-state index is 0.0544. The molecule has 1 N–H and O–H groups in total. The molecule has 2 unspecified atom stereocenters. The third-order valence-corrected chi connectivity index (χ3v) is 5.77. The monoisotopic (exact) mass is 283 g/mol. The highest BCUT2D eigenvalue weighted by atomic mass is 32.2. The number of hydrogen-bond donors (Lipinski definition) is 1. The Bertz CT molecular complexity index is 524. The fourth-order valence-electron chi connectivity index (χ4n) is 2.49. The molecule has 0 amide bonds. The fourth-order valence-corrected chi connectivity index (χ4v) is 4.27. The van der Waals surface area contributed by atoms with Crippen LogP contribution in [-0.2, 0) is 16.6 Å². The number of aliphatic hydroxyl groups excluding tert-OH is 1. The lowest BCUT2D eigenvalue weighted by molar-refractivity contribution is 0.218. The number of nitrogens with zero attached hydrogens (tertiary/aromatic N) is 1. The van der Waals surface area contributed by atoms with Crippen molar-refractivity contribution in [2.75, 3.05) is 6.54 Å². The normalized spacial score (nSPS) is 25.4. The fraction of sp³-hybridized carbons (Fsp3) is 0.571. The Balaban J connectivity index is 2.29. The van der Waals surface area contributed by atoms with Crippen LogP contribution in [0.25, 0.3) is 0 Å². The van der Waals surface area contributed by atoms with Gasteiger partial charge < -0.3 is 5.11 Å². The average Bonchev–Trinajstić information content (AvgIpc) is 2.41. The van der Waals surface area contributed by atoms with Crippen LogP contribution in [-0.4, -0.2) is 30.4 Å². The largest absolute Gasteiger partial charge is 0.392 e. The molecule has 1 aromatic carbocycles. The van der Waals surface area contributed by atoms with Gasteiger partial charge in [0.05, 0.1) is 11.5 Å². The Morgan fingerprint density at radius 1 is 1.21 bits per heavy atom. The summed E-state index contributed by atoms with van der Waals surface area (Å²) in [5, 5.41) is 9.00. The van der Waals surface area contributed by atoms with Gasteiger partial charge in [0.15, 0.2) is 0 Å². The molecule has 0 aromatic heterocycles. The van der Waals surface area contributed by atoms with Crippen LogP contribution in [0, 0.1) is 5.92 Å². The van der Waals surface area contributed by atoms with Gasteiger partial charge >= 0.3 is 0 Å². The number of benzene rings is 1. The highest BCUT2D eigenvalue weighted by Gasteiger charge is 2.33. The van der Waals surface area contributed by atoms with Crippen molar-refractivity contribution in [2.24, 2.45) is 5.92 Å². The Labute approximate surface area is 115 Å². The van der Waals surface area contributed by atoms with E-state index in [-0.39, 0.29) is 12.6 Å². The van der Waals surface area contributed by atoms with Gasteiger partial charge in [-0.05, 0) is 43.4 Å². The summed E-state index contributed by atoms with van der Waals surface area (Å²) in [7, 11) is -3.42. The number of aliphatic hydroxyl groups is 1. The molecule has 19 heavy (non-hydrogen) atoms. The quantitative estimate of drug-likeness (QED) is 0.923. The zero-order chi connectivity index (χ0) is 14.0. The second-order valence-corrected chi connectivity index (χ2v) is 7.30. The van der Waals surface area contributed by atoms with Crippen LogP contribution in [0.4, 0.5) is 0 Å². The zero-order valence-electron chi connectivity index (χ0n) is 11.4. The van der Waals surface area contributed by atoms with E-state index in [0.717, 1.165) is 18.4 Å². The number of hydrogen-bond acceptors (Lipinski definition) is 3. The lowest BCUT2D eigenvalue weighted by atomic mass is 9.97. The molecule has 106 valence electrons. The summed E-state index contributed by atoms with van der Waals surface area (Å²) in [4.78, 5) is 0.311. The van der Waals surface area contributed by atoms with Crippen molar-refractivity contribution >= 4 is 10.0 Å². The summed E-state index contributed by atoms with van der Waals surface area (Å²) in [6.45, 7) is 4.57. The lowest BCUT2D eigenvalue weighted by Crippen LogP contribution is -2.44. The van der Waals surface area contributed by atoms with E-state index in [0.29, 0.717) is 17.4 Å². The van der Waals surface area contributed by atoms with Gasteiger partial charge in [-0.2, -0.15) is 4.31 Å². The molecule has 2 rings (SSSR count). The van der Waals surface area contributed by atoms with E-state index in [1.165, 1.54) is 0 Å². The van der Waals surface area contributed by atoms with Crippen LogP contribution in [0.15, 0.2) is 29.2 Å². The van der Waals surface area contributed by atoms with Crippen LogP contribution in [0.5, 0.6) is 0 Å². The molecular formula is C14H21NO3S. The maximum atomic E-state index is 12.6. The standard InChI is InChI=1S/C14H21NO3S/c1-11-3-4-12(2)15(9-11)19(17,18)14-7-5-13(10-16)6-8-14/h5-8,11-12,16H,3-4,9-10H2,1-2H3. The average molecular weight is 283 g/mol. The first kappa shape index (κ1) is 14.5. The Morgan fingerprint density at radius 3 is 2.42 bits per heavy atom. The molecule has 0 aliphatic carbocycles. The van der Waals surface area contributed by atoms with Crippen molar-refractivity contribution < 1.29 is 13.5 Å². The smallest absolute Gasteiger partial charge is 0.243 e. The van der Waals surface area contributed by atoms with Crippen molar-refractivity contribution in [3.05, 3.63) is 29.8 Å². The van der Waals surface area contributed by atoms with Gasteiger partial charge in [-0.25, -0.2) is 8.42 Å². The summed E-state index contributed by atoms with van der Waals surface area (Å²) < 4.78 is 26.8. The van der Waals surface area contributed by atoms with Crippen LogP contribution in [0.3, 0.4) is 0 Å². The lowest BCUT2D eigenvalue weighted by Gasteiger charge is -2.35. The second-order valence-electron chi connectivity index (χ2n) is 5.41. The highest BCUT2D eigenvalue weighted by Crippen LogP contribution is 2.27. The molecule has 0 bridgehead atoms. The minimum atomic E-state index is -3.42. The predicted octanol–water partition coefficient (Wildman–Crippen LogP) is 1.99. The van der Waals surface area contributed by atoms with Gasteiger partial charge in [0.25, 0.3) is 0 Å². The van der Waals surface area contributed by atoms with Crippen LogP contribution < -0.4 is 0 Å². The SMILES string of the molecule is CC1CCC(C)N(S(=O)(=O)c2ccc(CO)cc2)C1. The molecule has 1 aliphatic heterocycles. The van der Waals surface area contributed by atoms with Gasteiger partial charge in [0, 0.05) is 12.6 Å². The summed E-state index contributed by atoms with van der Waals surface area (Å²) in [5.41, 5.74) is 0.721. The molecule has 0 spiro atoms. The van der Waals surface area contributed by atoms with Gasteiger partial charge in [-0.1, -0.05) is 19.1 Å². The molecule has 5 heteroatoms. The maximum absolute atomic E-state index is 12.6. The van der Waals surface area contributed by atoms with Crippen LogP contribution in [0.1, 0.15) is 32.3 Å². The molecule has 1 saturated heterocycles. The first-order valence-electron chi connectivity index (χ1n) is 6.67. The van der Waals surface area contributed by atoms with Crippen molar-refractivity contribution in [1.29, 1.82) is 0 Å². The van der Waals surface area contributed by atoms with Crippen molar-refractivity contribution in [3.8, 4) is 0 Å². The van der Waals surface area contributed by atoms with Gasteiger partial charge in [0.2, 0.25) is 10.0 Å².